The number of carbonyl (C=O) groups excluding carboxylic acids is 1. The topological polar surface area (TPSA) is 35.5 Å². The number of hydrogen-bond acceptors (Lipinski definition) is 3. The predicted molar refractivity (Wildman–Crippen MR) is 104 cm³/mol. The van der Waals surface area contributed by atoms with E-state index in [0.717, 1.165) is 11.7 Å². The zero-order valence-corrected chi connectivity index (χ0v) is 15.7. The van der Waals surface area contributed by atoms with E-state index in [0.29, 0.717) is 23.8 Å². The molecule has 0 saturated heterocycles. The van der Waals surface area contributed by atoms with E-state index in [2.05, 4.69) is 19.1 Å². The van der Waals surface area contributed by atoms with Crippen molar-refractivity contribution in [1.29, 1.82) is 0 Å². The van der Waals surface area contributed by atoms with Crippen LogP contribution in [0.25, 0.3) is 0 Å². The molecular weight excluding hydrogens is 324 g/mol. The first-order chi connectivity index (χ1) is 12.7. The number of carbonyl (C=O) groups is 1. The summed E-state index contributed by atoms with van der Waals surface area (Å²) >= 11 is 0. The van der Waals surface area contributed by atoms with Crippen LogP contribution in [0.4, 0.5) is 0 Å². The van der Waals surface area contributed by atoms with Gasteiger partial charge in [-0.15, -0.1) is 0 Å². The zero-order valence-electron chi connectivity index (χ0n) is 15.7. The smallest absolute Gasteiger partial charge is 0.343 e. The van der Waals surface area contributed by atoms with Gasteiger partial charge in [-0.2, -0.15) is 0 Å². The Balaban J connectivity index is 1.58. The lowest BCUT2D eigenvalue weighted by Crippen LogP contribution is -2.13. The van der Waals surface area contributed by atoms with Crippen molar-refractivity contribution in [1.82, 2.24) is 0 Å². The molecule has 0 spiro atoms. The van der Waals surface area contributed by atoms with Crippen LogP contribution in [0, 0.1) is 5.92 Å². The van der Waals surface area contributed by atoms with Gasteiger partial charge in [0.25, 0.3) is 0 Å². The fraction of sp³-hybridized carbons (Fsp3) is 0.435. The molecule has 0 radical (unpaired) electrons. The van der Waals surface area contributed by atoms with Crippen molar-refractivity contribution in [3.63, 3.8) is 0 Å². The van der Waals surface area contributed by atoms with Crippen molar-refractivity contribution in [2.45, 2.75) is 51.9 Å². The van der Waals surface area contributed by atoms with Crippen LogP contribution in [0.1, 0.15) is 67.8 Å². The predicted octanol–water partition coefficient (Wildman–Crippen LogP) is 5.99. The Bertz CT molecular complexity index is 695. The van der Waals surface area contributed by atoms with Gasteiger partial charge >= 0.3 is 5.97 Å². The van der Waals surface area contributed by atoms with Crippen molar-refractivity contribution in [3.8, 4) is 11.5 Å². The molecule has 1 aliphatic rings. The first-order valence-electron chi connectivity index (χ1n) is 9.74. The fourth-order valence-corrected chi connectivity index (χ4v) is 3.73. The fourth-order valence-electron chi connectivity index (χ4n) is 3.73. The van der Waals surface area contributed by atoms with Crippen molar-refractivity contribution in [2.24, 2.45) is 5.92 Å². The van der Waals surface area contributed by atoms with E-state index in [1.165, 1.54) is 37.7 Å². The molecule has 0 N–H and O–H groups in total. The molecule has 0 aliphatic heterocycles. The normalized spacial score (nSPS) is 19.8. The maximum Gasteiger partial charge on any atom is 0.343 e. The van der Waals surface area contributed by atoms with Crippen LogP contribution in [0.15, 0.2) is 48.5 Å². The second-order valence-electron chi connectivity index (χ2n) is 7.04. The van der Waals surface area contributed by atoms with Crippen LogP contribution >= 0.6 is 0 Å². The molecule has 0 atom stereocenters. The highest BCUT2D eigenvalue weighted by molar-refractivity contribution is 5.91. The van der Waals surface area contributed by atoms with E-state index in [9.17, 15) is 4.79 Å². The van der Waals surface area contributed by atoms with Gasteiger partial charge in [-0.25, -0.2) is 4.79 Å². The molecule has 0 heterocycles. The first kappa shape index (κ1) is 18.5. The quantitative estimate of drug-likeness (QED) is 0.473. The van der Waals surface area contributed by atoms with Gasteiger partial charge in [0.2, 0.25) is 0 Å². The molecule has 1 saturated carbocycles. The minimum absolute atomic E-state index is 0.324. The summed E-state index contributed by atoms with van der Waals surface area (Å²) in [6.45, 7) is 4.84. The Labute approximate surface area is 156 Å². The van der Waals surface area contributed by atoms with Gasteiger partial charge in [0.1, 0.15) is 11.5 Å². The highest BCUT2D eigenvalue weighted by atomic mass is 16.5. The molecule has 1 aliphatic carbocycles. The lowest BCUT2D eigenvalue weighted by Gasteiger charge is -2.28. The molecule has 3 nitrogen and oxygen atoms in total. The van der Waals surface area contributed by atoms with Crippen molar-refractivity contribution >= 4 is 5.97 Å². The third-order valence-corrected chi connectivity index (χ3v) is 5.39. The Kier molecular flexibility index (Phi) is 6.32. The number of hydrogen-bond donors (Lipinski definition) is 0. The summed E-state index contributed by atoms with van der Waals surface area (Å²) in [5, 5.41) is 0. The molecule has 2 aromatic carbocycles. The van der Waals surface area contributed by atoms with Crippen LogP contribution in [-0.4, -0.2) is 12.6 Å². The summed E-state index contributed by atoms with van der Waals surface area (Å²) in [7, 11) is 0. The standard InChI is InChI=1S/C23H28O3/c1-3-17-5-7-18(8-6-17)19-9-11-20(12-10-19)23(24)26-22-15-13-21(14-16-22)25-4-2/h9-18H,3-8H2,1-2H3. The molecule has 2 aromatic rings. The lowest BCUT2D eigenvalue weighted by molar-refractivity contribution is 0.0734. The van der Waals surface area contributed by atoms with Gasteiger partial charge in [0, 0.05) is 0 Å². The first-order valence-corrected chi connectivity index (χ1v) is 9.74. The highest BCUT2D eigenvalue weighted by Gasteiger charge is 2.21. The summed E-state index contributed by atoms with van der Waals surface area (Å²) in [5.74, 6) is 2.51. The summed E-state index contributed by atoms with van der Waals surface area (Å²) in [6, 6.07) is 15.1. The minimum atomic E-state index is -0.324. The number of esters is 1. The summed E-state index contributed by atoms with van der Waals surface area (Å²) in [4.78, 5) is 12.3. The summed E-state index contributed by atoms with van der Waals surface area (Å²) in [5.41, 5.74) is 1.93. The SMILES string of the molecule is CCOc1ccc(OC(=O)c2ccc(C3CCC(CC)CC3)cc2)cc1. The van der Waals surface area contributed by atoms with Crippen molar-refractivity contribution in [3.05, 3.63) is 59.7 Å². The van der Waals surface area contributed by atoms with Gasteiger partial charge < -0.3 is 9.47 Å². The van der Waals surface area contributed by atoms with Crippen LogP contribution < -0.4 is 9.47 Å². The highest BCUT2D eigenvalue weighted by Crippen LogP contribution is 2.36. The molecule has 3 rings (SSSR count). The number of benzene rings is 2. The molecule has 0 amide bonds. The van der Waals surface area contributed by atoms with Crippen molar-refractivity contribution < 1.29 is 14.3 Å². The van der Waals surface area contributed by atoms with Crippen LogP contribution in [-0.2, 0) is 0 Å². The molecule has 0 unspecified atom stereocenters. The summed E-state index contributed by atoms with van der Waals surface area (Å²) in [6.07, 6.45) is 6.46. The van der Waals surface area contributed by atoms with Crippen LogP contribution in [0.2, 0.25) is 0 Å². The molecule has 3 heteroatoms. The maximum absolute atomic E-state index is 12.3. The van der Waals surface area contributed by atoms with Gasteiger partial charge in [0.05, 0.1) is 12.2 Å². The number of rotatable bonds is 6. The van der Waals surface area contributed by atoms with Crippen LogP contribution in [0.5, 0.6) is 11.5 Å². The van der Waals surface area contributed by atoms with Gasteiger partial charge in [0.15, 0.2) is 0 Å². The lowest BCUT2D eigenvalue weighted by atomic mass is 9.78. The van der Waals surface area contributed by atoms with E-state index < -0.39 is 0 Å². The largest absolute Gasteiger partial charge is 0.494 e. The molecule has 0 bridgehead atoms. The van der Waals surface area contributed by atoms with Crippen molar-refractivity contribution in [2.75, 3.05) is 6.61 Å². The molecule has 138 valence electrons. The summed E-state index contributed by atoms with van der Waals surface area (Å²) < 4.78 is 10.8. The Morgan fingerprint density at radius 2 is 1.50 bits per heavy atom. The second kappa shape index (κ2) is 8.88. The third-order valence-electron chi connectivity index (χ3n) is 5.39. The van der Waals surface area contributed by atoms with E-state index in [1.54, 1.807) is 12.1 Å². The minimum Gasteiger partial charge on any atom is -0.494 e. The molecule has 26 heavy (non-hydrogen) atoms. The molecule has 1 fully saturated rings. The average Bonchev–Trinajstić information content (AvgIpc) is 2.70. The molecule has 0 aromatic heterocycles. The average molecular weight is 352 g/mol. The van der Waals surface area contributed by atoms with Gasteiger partial charge in [-0.3, -0.25) is 0 Å². The van der Waals surface area contributed by atoms with E-state index in [4.69, 9.17) is 9.47 Å². The molecular formula is C23H28O3. The number of ether oxygens (including phenoxy) is 2. The van der Waals surface area contributed by atoms with Gasteiger partial charge in [-0.1, -0.05) is 25.5 Å². The van der Waals surface area contributed by atoms with Crippen LogP contribution in [0.3, 0.4) is 0 Å². The van der Waals surface area contributed by atoms with E-state index in [-0.39, 0.29) is 5.97 Å². The third kappa shape index (κ3) is 4.66. The Hall–Kier alpha value is -2.29. The van der Waals surface area contributed by atoms with Gasteiger partial charge in [-0.05, 0) is 86.4 Å². The monoisotopic (exact) mass is 352 g/mol. The van der Waals surface area contributed by atoms with E-state index >= 15 is 0 Å². The Morgan fingerprint density at radius 1 is 0.885 bits per heavy atom. The Morgan fingerprint density at radius 3 is 2.08 bits per heavy atom. The maximum atomic E-state index is 12.3. The zero-order chi connectivity index (χ0) is 18.4. The van der Waals surface area contributed by atoms with E-state index in [1.807, 2.05) is 31.2 Å². The second-order valence-corrected chi connectivity index (χ2v) is 7.04.